The largest absolute Gasteiger partial charge is 0.439 e. The standard InChI is InChI=1S/C34H23N3O/c1-3-10-24(11-4-1)26-18-21-33(35-23-26)37-31-16-8-7-14-28(31)29-20-19-27(22-32(29)37)38-34-17-9-15-30(36-34)25-12-5-2-6-13-25/h1-23H. The van der Waals surface area contributed by atoms with Crippen molar-refractivity contribution in [2.24, 2.45) is 0 Å². The molecule has 7 rings (SSSR count). The van der Waals surface area contributed by atoms with Gasteiger partial charge in [0.2, 0.25) is 5.88 Å². The lowest BCUT2D eigenvalue weighted by Crippen LogP contribution is -1.97. The number of fused-ring (bicyclic) bond motifs is 3. The van der Waals surface area contributed by atoms with Crippen LogP contribution in [-0.4, -0.2) is 14.5 Å². The molecular formula is C34H23N3O. The van der Waals surface area contributed by atoms with Crippen LogP contribution < -0.4 is 4.74 Å². The Morgan fingerprint density at radius 3 is 2.05 bits per heavy atom. The third kappa shape index (κ3) is 3.98. The van der Waals surface area contributed by atoms with E-state index in [-0.39, 0.29) is 0 Å². The van der Waals surface area contributed by atoms with Gasteiger partial charge in [0.25, 0.3) is 0 Å². The Morgan fingerprint density at radius 2 is 1.26 bits per heavy atom. The lowest BCUT2D eigenvalue weighted by Gasteiger charge is -2.10. The molecule has 0 unspecified atom stereocenters. The molecule has 38 heavy (non-hydrogen) atoms. The second kappa shape index (κ2) is 9.34. The fraction of sp³-hybridized carbons (Fsp3) is 0. The van der Waals surface area contributed by atoms with Crippen LogP contribution in [0.4, 0.5) is 0 Å². The number of rotatable bonds is 5. The van der Waals surface area contributed by atoms with Crippen LogP contribution in [0.1, 0.15) is 0 Å². The van der Waals surface area contributed by atoms with E-state index >= 15 is 0 Å². The highest BCUT2D eigenvalue weighted by Gasteiger charge is 2.14. The molecule has 0 aliphatic carbocycles. The molecule has 180 valence electrons. The van der Waals surface area contributed by atoms with Gasteiger partial charge in [0, 0.05) is 40.2 Å². The van der Waals surface area contributed by atoms with Crippen molar-refractivity contribution in [3.05, 3.63) is 140 Å². The predicted molar refractivity (Wildman–Crippen MR) is 154 cm³/mol. The summed E-state index contributed by atoms with van der Waals surface area (Å²) in [4.78, 5) is 9.61. The van der Waals surface area contributed by atoms with Crippen LogP contribution in [0.5, 0.6) is 11.6 Å². The van der Waals surface area contributed by atoms with Crippen molar-refractivity contribution in [1.82, 2.24) is 14.5 Å². The molecule has 0 amide bonds. The number of benzene rings is 4. The smallest absolute Gasteiger partial charge is 0.219 e. The number of aromatic nitrogens is 3. The van der Waals surface area contributed by atoms with E-state index in [2.05, 4.69) is 65.2 Å². The van der Waals surface area contributed by atoms with Crippen LogP contribution in [0.2, 0.25) is 0 Å². The van der Waals surface area contributed by atoms with Gasteiger partial charge in [0.15, 0.2) is 0 Å². The molecule has 0 aliphatic heterocycles. The molecule has 0 fully saturated rings. The van der Waals surface area contributed by atoms with Gasteiger partial charge in [-0.25, -0.2) is 9.97 Å². The van der Waals surface area contributed by atoms with Crippen LogP contribution in [0.15, 0.2) is 140 Å². The van der Waals surface area contributed by atoms with E-state index in [1.54, 1.807) is 0 Å². The van der Waals surface area contributed by atoms with Crippen molar-refractivity contribution in [2.75, 3.05) is 0 Å². The fourth-order valence-electron chi connectivity index (χ4n) is 4.94. The summed E-state index contributed by atoms with van der Waals surface area (Å²) in [5.74, 6) is 2.14. The van der Waals surface area contributed by atoms with Crippen LogP contribution in [-0.2, 0) is 0 Å². The van der Waals surface area contributed by atoms with Crippen molar-refractivity contribution in [3.63, 3.8) is 0 Å². The van der Waals surface area contributed by atoms with E-state index < -0.39 is 0 Å². The van der Waals surface area contributed by atoms with E-state index in [1.807, 2.05) is 79.0 Å². The minimum absolute atomic E-state index is 0.554. The molecular weight excluding hydrogens is 466 g/mol. The van der Waals surface area contributed by atoms with Gasteiger partial charge in [-0.3, -0.25) is 4.57 Å². The van der Waals surface area contributed by atoms with Crippen molar-refractivity contribution in [3.8, 4) is 39.8 Å². The minimum atomic E-state index is 0.554. The van der Waals surface area contributed by atoms with Crippen molar-refractivity contribution in [2.45, 2.75) is 0 Å². The van der Waals surface area contributed by atoms with Crippen LogP contribution in [0.25, 0.3) is 50.0 Å². The quantitative estimate of drug-likeness (QED) is 0.243. The fourth-order valence-corrected chi connectivity index (χ4v) is 4.94. The van der Waals surface area contributed by atoms with Gasteiger partial charge in [-0.1, -0.05) is 84.9 Å². The normalized spacial score (nSPS) is 11.2. The molecule has 0 aliphatic rings. The molecule has 4 nitrogen and oxygen atoms in total. The zero-order valence-corrected chi connectivity index (χ0v) is 20.5. The highest BCUT2D eigenvalue weighted by Crippen LogP contribution is 2.35. The predicted octanol–water partition coefficient (Wildman–Crippen LogP) is 8.70. The summed E-state index contributed by atoms with van der Waals surface area (Å²) in [5.41, 5.74) is 6.30. The summed E-state index contributed by atoms with van der Waals surface area (Å²) < 4.78 is 8.46. The van der Waals surface area contributed by atoms with Crippen LogP contribution >= 0.6 is 0 Å². The van der Waals surface area contributed by atoms with Gasteiger partial charge in [-0.2, -0.15) is 0 Å². The number of pyridine rings is 2. The summed E-state index contributed by atoms with van der Waals surface area (Å²) in [6, 6.07) is 45.1. The van der Waals surface area contributed by atoms with E-state index in [9.17, 15) is 0 Å². The second-order valence-corrected chi connectivity index (χ2v) is 9.13. The Hall–Kier alpha value is -5.22. The zero-order valence-electron chi connectivity index (χ0n) is 20.5. The monoisotopic (exact) mass is 489 g/mol. The average molecular weight is 490 g/mol. The highest BCUT2D eigenvalue weighted by atomic mass is 16.5. The van der Waals surface area contributed by atoms with E-state index in [0.29, 0.717) is 5.88 Å². The van der Waals surface area contributed by atoms with E-state index in [4.69, 9.17) is 14.7 Å². The molecule has 3 aromatic heterocycles. The SMILES string of the molecule is c1ccc(-c2ccc(-n3c4ccccc4c4ccc(Oc5cccc(-c6ccccc6)n5)cc43)nc2)cc1. The lowest BCUT2D eigenvalue weighted by molar-refractivity contribution is 0.464. The molecule has 7 aromatic rings. The minimum Gasteiger partial charge on any atom is -0.439 e. The molecule has 0 N–H and O–H groups in total. The maximum absolute atomic E-state index is 6.27. The number of ether oxygens (including phenoxy) is 1. The third-order valence-corrected chi connectivity index (χ3v) is 6.74. The molecule has 0 spiro atoms. The Balaban J connectivity index is 1.31. The Kier molecular flexibility index (Phi) is 5.41. The van der Waals surface area contributed by atoms with Gasteiger partial charge in [0.1, 0.15) is 11.6 Å². The van der Waals surface area contributed by atoms with Gasteiger partial charge in [-0.05, 0) is 42.0 Å². The summed E-state index contributed by atoms with van der Waals surface area (Å²) >= 11 is 0. The van der Waals surface area contributed by atoms with Gasteiger partial charge in [-0.15, -0.1) is 0 Å². The number of nitrogens with zero attached hydrogens (tertiary/aromatic N) is 3. The first kappa shape index (κ1) is 22.0. The molecule has 0 saturated heterocycles. The van der Waals surface area contributed by atoms with Crippen LogP contribution in [0.3, 0.4) is 0 Å². The Labute approximate surface area is 220 Å². The third-order valence-electron chi connectivity index (χ3n) is 6.74. The maximum atomic E-state index is 6.27. The number of para-hydroxylation sites is 1. The maximum Gasteiger partial charge on any atom is 0.219 e. The Morgan fingerprint density at radius 1 is 0.526 bits per heavy atom. The molecule has 0 bridgehead atoms. The summed E-state index contributed by atoms with van der Waals surface area (Å²) in [6.45, 7) is 0. The first-order valence-electron chi connectivity index (χ1n) is 12.6. The number of hydrogen-bond acceptors (Lipinski definition) is 3. The molecule has 0 atom stereocenters. The number of hydrogen-bond donors (Lipinski definition) is 0. The van der Waals surface area contributed by atoms with Gasteiger partial charge >= 0.3 is 0 Å². The van der Waals surface area contributed by atoms with Gasteiger partial charge in [0.05, 0.1) is 16.7 Å². The van der Waals surface area contributed by atoms with Crippen LogP contribution in [0, 0.1) is 0 Å². The topological polar surface area (TPSA) is 39.9 Å². The molecule has 4 heteroatoms. The first-order valence-corrected chi connectivity index (χ1v) is 12.6. The van der Waals surface area contributed by atoms with Crippen molar-refractivity contribution in [1.29, 1.82) is 0 Å². The molecule has 0 radical (unpaired) electrons. The highest BCUT2D eigenvalue weighted by molar-refractivity contribution is 6.09. The van der Waals surface area contributed by atoms with Crippen molar-refractivity contribution < 1.29 is 4.74 Å². The molecule has 4 aromatic carbocycles. The first-order chi connectivity index (χ1) is 18.8. The van der Waals surface area contributed by atoms with E-state index in [1.165, 1.54) is 5.39 Å². The van der Waals surface area contributed by atoms with Crippen molar-refractivity contribution >= 4 is 21.8 Å². The summed E-state index contributed by atoms with van der Waals surface area (Å²) in [6.07, 6.45) is 1.94. The average Bonchev–Trinajstić information content (AvgIpc) is 3.32. The van der Waals surface area contributed by atoms with Gasteiger partial charge < -0.3 is 4.74 Å². The van der Waals surface area contributed by atoms with E-state index in [0.717, 1.165) is 50.4 Å². The Bertz CT molecular complexity index is 1880. The molecule has 3 heterocycles. The lowest BCUT2D eigenvalue weighted by atomic mass is 10.1. The second-order valence-electron chi connectivity index (χ2n) is 9.13. The zero-order chi connectivity index (χ0) is 25.3. The summed E-state index contributed by atoms with van der Waals surface area (Å²) in [7, 11) is 0. The summed E-state index contributed by atoms with van der Waals surface area (Å²) in [5, 5.41) is 2.32. The molecule has 0 saturated carbocycles.